The highest BCUT2D eigenvalue weighted by Crippen LogP contribution is 2.59. The fraction of sp³-hybridized carbons (Fsp3) is 0.400. The van der Waals surface area contributed by atoms with Gasteiger partial charge in [-0.15, -0.1) is 0 Å². The molecule has 0 aromatic carbocycles. The Morgan fingerprint density at radius 1 is 1.32 bits per heavy atom. The molecule has 8 nitrogen and oxygen atoms in total. The summed E-state index contributed by atoms with van der Waals surface area (Å²) in [5, 5.41) is 8.59. The molecule has 0 N–H and O–H groups in total. The quantitative estimate of drug-likeness (QED) is 0.636. The van der Waals surface area contributed by atoms with Crippen LogP contribution in [-0.2, 0) is 11.8 Å². The number of nitrogens with zero attached hydrogens (tertiary/aromatic N) is 6. The van der Waals surface area contributed by atoms with E-state index in [4.69, 9.17) is 9.72 Å². The number of amides is 1. The van der Waals surface area contributed by atoms with Crippen LogP contribution in [0.5, 0.6) is 5.88 Å². The molecule has 2 bridgehead atoms. The minimum absolute atomic E-state index is 0.0367. The standard InChI is InChI=1S/C20H22N6O2/c1-4-17(27)25(3)19-6-7-20(12-19,13-19)28-18-16-5-8-21-26(16)11-15(23-18)14-9-22-24(2)10-14/h4-5,8-11H,1,6-7,12-13H2,2-3H3. The van der Waals surface area contributed by atoms with Crippen LogP contribution >= 0.6 is 0 Å². The summed E-state index contributed by atoms with van der Waals surface area (Å²) < 4.78 is 10.0. The van der Waals surface area contributed by atoms with E-state index in [1.165, 1.54) is 6.08 Å². The van der Waals surface area contributed by atoms with Crippen LogP contribution in [0, 0.1) is 0 Å². The SMILES string of the molecule is C=CC(=O)N(C)C12CCC(Oc3nc(-c4cnn(C)c4)cn4nccc34)(C1)C2. The van der Waals surface area contributed by atoms with Gasteiger partial charge in [-0.05, 0) is 25.0 Å². The Kier molecular flexibility index (Phi) is 3.44. The summed E-state index contributed by atoms with van der Waals surface area (Å²) in [5.74, 6) is 0.539. The van der Waals surface area contributed by atoms with Crippen LogP contribution in [0.2, 0.25) is 0 Å². The third kappa shape index (κ3) is 2.37. The van der Waals surface area contributed by atoms with Crippen molar-refractivity contribution in [2.45, 2.75) is 36.8 Å². The molecule has 3 saturated carbocycles. The number of hydrogen-bond acceptors (Lipinski definition) is 5. The predicted octanol–water partition coefficient (Wildman–Crippen LogP) is 2.22. The van der Waals surface area contributed by atoms with Crippen LogP contribution in [0.4, 0.5) is 0 Å². The molecule has 0 aliphatic heterocycles. The highest BCUT2D eigenvalue weighted by atomic mass is 16.5. The van der Waals surface area contributed by atoms with E-state index in [1.54, 1.807) is 21.6 Å². The average Bonchev–Trinajstić information content (AvgIpc) is 3.42. The van der Waals surface area contributed by atoms with Crippen LogP contribution in [0.3, 0.4) is 0 Å². The molecule has 3 aliphatic rings. The number of ether oxygens (including phenoxy) is 1. The van der Waals surface area contributed by atoms with Gasteiger partial charge in [0, 0.05) is 38.7 Å². The monoisotopic (exact) mass is 378 g/mol. The number of rotatable bonds is 5. The maximum Gasteiger partial charge on any atom is 0.246 e. The fourth-order valence-corrected chi connectivity index (χ4v) is 4.73. The molecule has 0 radical (unpaired) electrons. The number of hydrogen-bond donors (Lipinski definition) is 0. The van der Waals surface area contributed by atoms with E-state index >= 15 is 0 Å². The smallest absolute Gasteiger partial charge is 0.246 e. The fourth-order valence-electron chi connectivity index (χ4n) is 4.73. The molecule has 6 rings (SSSR count). The predicted molar refractivity (Wildman–Crippen MR) is 103 cm³/mol. The Labute approximate surface area is 162 Å². The molecule has 144 valence electrons. The third-order valence-corrected chi connectivity index (χ3v) is 6.23. The summed E-state index contributed by atoms with van der Waals surface area (Å²) in [4.78, 5) is 18.7. The molecule has 0 saturated heterocycles. The molecule has 0 unspecified atom stereocenters. The van der Waals surface area contributed by atoms with E-state index in [0.717, 1.165) is 42.5 Å². The van der Waals surface area contributed by atoms with Crippen LogP contribution in [0.15, 0.2) is 43.5 Å². The highest BCUT2D eigenvalue weighted by Gasteiger charge is 2.65. The first-order valence-corrected chi connectivity index (χ1v) is 9.36. The van der Waals surface area contributed by atoms with E-state index in [2.05, 4.69) is 16.8 Å². The zero-order valence-corrected chi connectivity index (χ0v) is 16.0. The Balaban J connectivity index is 1.46. The van der Waals surface area contributed by atoms with Crippen molar-refractivity contribution in [1.29, 1.82) is 0 Å². The van der Waals surface area contributed by atoms with Crippen molar-refractivity contribution in [2.75, 3.05) is 7.05 Å². The first-order chi connectivity index (χ1) is 13.4. The lowest BCUT2D eigenvalue weighted by molar-refractivity contribution is -0.138. The Morgan fingerprint density at radius 3 is 2.86 bits per heavy atom. The molecule has 3 aromatic heterocycles. The van der Waals surface area contributed by atoms with Gasteiger partial charge in [-0.1, -0.05) is 6.58 Å². The number of carbonyl (C=O) groups is 1. The van der Waals surface area contributed by atoms with Gasteiger partial charge in [0.25, 0.3) is 0 Å². The van der Waals surface area contributed by atoms with Gasteiger partial charge < -0.3 is 9.64 Å². The molecule has 1 amide bonds. The van der Waals surface area contributed by atoms with Gasteiger partial charge in [-0.2, -0.15) is 10.2 Å². The van der Waals surface area contributed by atoms with Crippen molar-refractivity contribution in [3.63, 3.8) is 0 Å². The molecule has 8 heteroatoms. The van der Waals surface area contributed by atoms with Gasteiger partial charge in [0.15, 0.2) is 0 Å². The molecular weight excluding hydrogens is 356 g/mol. The second-order valence-corrected chi connectivity index (χ2v) is 7.96. The first-order valence-electron chi connectivity index (χ1n) is 9.36. The Morgan fingerprint density at radius 2 is 2.14 bits per heavy atom. The summed E-state index contributed by atoms with van der Waals surface area (Å²) in [7, 11) is 3.73. The lowest BCUT2D eigenvalue weighted by atomic mass is 9.72. The number of fused-ring (bicyclic) bond motifs is 2. The maximum absolute atomic E-state index is 12.1. The first kappa shape index (κ1) is 17.0. The van der Waals surface area contributed by atoms with Crippen molar-refractivity contribution in [3.8, 4) is 17.1 Å². The van der Waals surface area contributed by atoms with Crippen LogP contribution < -0.4 is 4.74 Å². The Bertz CT molecular complexity index is 1090. The van der Waals surface area contributed by atoms with E-state index in [1.807, 2.05) is 37.5 Å². The molecule has 3 fully saturated rings. The zero-order valence-electron chi connectivity index (χ0n) is 16.0. The van der Waals surface area contributed by atoms with Gasteiger partial charge in [-0.25, -0.2) is 9.50 Å². The minimum Gasteiger partial charge on any atom is -0.469 e. The second-order valence-electron chi connectivity index (χ2n) is 7.96. The van der Waals surface area contributed by atoms with E-state index in [0.29, 0.717) is 5.88 Å². The van der Waals surface area contributed by atoms with E-state index in [-0.39, 0.29) is 17.0 Å². The molecule has 3 aromatic rings. The van der Waals surface area contributed by atoms with E-state index < -0.39 is 0 Å². The van der Waals surface area contributed by atoms with Crippen LogP contribution in [0.1, 0.15) is 25.7 Å². The van der Waals surface area contributed by atoms with Gasteiger partial charge >= 0.3 is 0 Å². The topological polar surface area (TPSA) is 77.6 Å². The molecule has 0 spiro atoms. The summed E-state index contributed by atoms with van der Waals surface area (Å²) in [5.41, 5.74) is 2.11. The summed E-state index contributed by atoms with van der Waals surface area (Å²) in [6, 6.07) is 1.90. The largest absolute Gasteiger partial charge is 0.469 e. The number of carbonyl (C=O) groups excluding carboxylic acids is 1. The highest BCUT2D eigenvalue weighted by molar-refractivity contribution is 5.87. The molecule has 3 aliphatic carbocycles. The van der Waals surface area contributed by atoms with Crippen molar-refractivity contribution >= 4 is 11.4 Å². The van der Waals surface area contributed by atoms with Gasteiger partial charge in [-0.3, -0.25) is 9.48 Å². The molecule has 0 atom stereocenters. The lowest BCUT2D eigenvalue weighted by Crippen LogP contribution is -2.60. The third-order valence-electron chi connectivity index (χ3n) is 6.23. The van der Waals surface area contributed by atoms with Crippen LogP contribution in [0.25, 0.3) is 16.8 Å². The van der Waals surface area contributed by atoms with Gasteiger partial charge in [0.05, 0.1) is 29.8 Å². The molecular formula is C20H22N6O2. The number of aryl methyl sites for hydroxylation is 1. The molecule has 3 heterocycles. The average molecular weight is 378 g/mol. The lowest BCUT2D eigenvalue weighted by Gasteiger charge is -2.51. The zero-order chi connectivity index (χ0) is 19.5. The second kappa shape index (κ2) is 5.67. The maximum atomic E-state index is 12.1. The van der Waals surface area contributed by atoms with Crippen LogP contribution in [-0.4, -0.2) is 53.4 Å². The van der Waals surface area contributed by atoms with Crippen molar-refractivity contribution in [3.05, 3.63) is 43.5 Å². The summed E-state index contributed by atoms with van der Waals surface area (Å²) in [6.07, 6.45) is 12.2. The van der Waals surface area contributed by atoms with Gasteiger partial charge in [0.2, 0.25) is 11.8 Å². The number of aromatic nitrogens is 5. The van der Waals surface area contributed by atoms with E-state index in [9.17, 15) is 4.79 Å². The molecule has 28 heavy (non-hydrogen) atoms. The van der Waals surface area contributed by atoms with Crippen molar-refractivity contribution in [1.82, 2.24) is 29.3 Å². The normalized spacial score (nSPS) is 25.5. The number of likely N-dealkylation sites (N-methyl/N-ethyl adjacent to an activating group) is 1. The summed E-state index contributed by atoms with van der Waals surface area (Å²) >= 11 is 0. The van der Waals surface area contributed by atoms with Gasteiger partial charge in [0.1, 0.15) is 11.1 Å². The summed E-state index contributed by atoms with van der Waals surface area (Å²) in [6.45, 7) is 3.61. The van der Waals surface area contributed by atoms with Crippen molar-refractivity contribution < 1.29 is 9.53 Å². The van der Waals surface area contributed by atoms with Crippen molar-refractivity contribution in [2.24, 2.45) is 7.05 Å². The Hall–Kier alpha value is -3.16. The minimum atomic E-state index is -0.277.